The van der Waals surface area contributed by atoms with Crippen molar-refractivity contribution in [2.45, 2.75) is 104 Å². The van der Waals surface area contributed by atoms with Crippen molar-refractivity contribution in [3.63, 3.8) is 0 Å². The lowest BCUT2D eigenvalue weighted by atomic mass is 10.1. The summed E-state index contributed by atoms with van der Waals surface area (Å²) in [5, 5.41) is 0. The molecule has 13 heteroatoms. The maximum absolute atomic E-state index is 13.4. The van der Waals surface area contributed by atoms with Gasteiger partial charge in [-0.25, -0.2) is 14.4 Å². The quantitative estimate of drug-likeness (QED) is 0.302. The van der Waals surface area contributed by atoms with Gasteiger partial charge in [-0.05, 0) is 79.2 Å². The van der Waals surface area contributed by atoms with E-state index in [9.17, 15) is 27.6 Å². The van der Waals surface area contributed by atoms with Crippen LogP contribution in [-0.2, 0) is 34.7 Å². The van der Waals surface area contributed by atoms with E-state index in [0.717, 1.165) is 24.3 Å². The first-order valence-electron chi connectivity index (χ1n) is 13.3. The molecule has 0 N–H and O–H groups in total. The number of hydrogen-bond acceptors (Lipinski definition) is 9. The van der Waals surface area contributed by atoms with Crippen LogP contribution >= 0.6 is 0 Å². The number of carbonyl (C=O) groups is 3. The fraction of sp³-hybridized carbons (Fsp3) is 0.679. The Morgan fingerprint density at radius 3 is 1.95 bits per heavy atom. The number of nitrogens with zero attached hydrogens (tertiary/aromatic N) is 1. The fourth-order valence-electron chi connectivity index (χ4n) is 3.68. The number of rotatable bonds is 6. The molecule has 0 radical (unpaired) electrons. The van der Waals surface area contributed by atoms with Crippen LogP contribution in [0, 0.1) is 0 Å². The zero-order chi connectivity index (χ0) is 31.2. The Balaban J connectivity index is 2.40. The molecule has 1 aromatic rings. The van der Waals surface area contributed by atoms with Gasteiger partial charge in [-0.2, -0.15) is 18.1 Å². The Hall–Kier alpha value is -3.06. The molecule has 1 saturated heterocycles. The van der Waals surface area contributed by atoms with Crippen LogP contribution in [0.15, 0.2) is 24.3 Å². The molecule has 0 saturated carbocycles. The van der Waals surface area contributed by atoms with Gasteiger partial charge in [0, 0.05) is 6.61 Å². The molecule has 1 fully saturated rings. The van der Waals surface area contributed by atoms with E-state index in [0.29, 0.717) is 11.3 Å². The fourth-order valence-corrected chi connectivity index (χ4v) is 3.68. The van der Waals surface area contributed by atoms with Gasteiger partial charge in [0.1, 0.15) is 29.2 Å². The summed E-state index contributed by atoms with van der Waals surface area (Å²) < 4.78 is 73.1. The van der Waals surface area contributed by atoms with E-state index >= 15 is 0 Å². The number of halogens is 3. The van der Waals surface area contributed by atoms with Crippen molar-refractivity contribution < 1.29 is 56.0 Å². The minimum Gasteiger partial charge on any atom is -0.484 e. The highest BCUT2D eigenvalue weighted by atomic mass is 19.4. The molecule has 41 heavy (non-hydrogen) atoms. The minimum atomic E-state index is -4.52. The number of benzene rings is 1. The standard InChI is InChI=1S/C28H40F3NO9/c1-9-14-37-21-16-36-15-20(32(24(34)40-26(3,4)5)25(35)41-27(6,7)8)23(33)38-17(2)22(21)39-19-12-10-18(11-13-19)28(29,30)31/h10-13,17,20-22H,9,14-16H2,1-8H3. The number of alkyl halides is 3. The van der Waals surface area contributed by atoms with Crippen LogP contribution in [0.2, 0.25) is 0 Å². The lowest BCUT2D eigenvalue weighted by molar-refractivity contribution is -0.162. The van der Waals surface area contributed by atoms with E-state index in [4.69, 9.17) is 28.4 Å². The predicted molar refractivity (Wildman–Crippen MR) is 140 cm³/mol. The number of cyclic esters (lactones) is 1. The summed E-state index contributed by atoms with van der Waals surface area (Å²) in [6, 6.07) is 2.46. The van der Waals surface area contributed by atoms with E-state index in [1.807, 2.05) is 6.92 Å². The normalized spacial score (nSPS) is 22.5. The predicted octanol–water partition coefficient (Wildman–Crippen LogP) is 5.75. The van der Waals surface area contributed by atoms with Gasteiger partial charge in [0.15, 0.2) is 12.1 Å². The Kier molecular flexibility index (Phi) is 11.4. The molecule has 0 aromatic heterocycles. The van der Waals surface area contributed by atoms with E-state index in [-0.39, 0.29) is 19.0 Å². The molecule has 1 aliphatic heterocycles. The van der Waals surface area contributed by atoms with Gasteiger partial charge in [0.2, 0.25) is 0 Å². The molecule has 10 nitrogen and oxygen atoms in total. The molecule has 2 amide bonds. The van der Waals surface area contributed by atoms with Crippen LogP contribution in [0.5, 0.6) is 5.75 Å². The van der Waals surface area contributed by atoms with E-state index in [1.54, 1.807) is 41.5 Å². The molecular weight excluding hydrogens is 551 g/mol. The molecule has 1 aliphatic rings. The third-order valence-electron chi connectivity index (χ3n) is 5.44. The van der Waals surface area contributed by atoms with Crippen LogP contribution in [-0.4, -0.2) is 78.4 Å². The van der Waals surface area contributed by atoms with Gasteiger partial charge in [-0.1, -0.05) is 6.92 Å². The van der Waals surface area contributed by atoms with Gasteiger partial charge in [-0.3, -0.25) is 0 Å². The third kappa shape index (κ3) is 10.7. The van der Waals surface area contributed by atoms with Crippen LogP contribution in [0.3, 0.4) is 0 Å². The van der Waals surface area contributed by atoms with Crippen molar-refractivity contribution in [3.8, 4) is 5.75 Å². The number of imide groups is 1. The SMILES string of the molecule is CCCOC1COCC(N(C(=O)OC(C)(C)C)C(=O)OC(C)(C)C)C(=O)OC(C)C1Oc1ccc(C(F)(F)F)cc1. The highest BCUT2D eigenvalue weighted by Gasteiger charge is 2.44. The van der Waals surface area contributed by atoms with Crippen molar-refractivity contribution in [3.05, 3.63) is 29.8 Å². The molecule has 1 heterocycles. The van der Waals surface area contributed by atoms with Gasteiger partial charge in [0.05, 0.1) is 18.8 Å². The Labute approximate surface area is 238 Å². The number of amides is 2. The topological polar surface area (TPSA) is 110 Å². The second kappa shape index (κ2) is 13.7. The van der Waals surface area contributed by atoms with Crippen LogP contribution in [0.25, 0.3) is 0 Å². The smallest absolute Gasteiger partial charge is 0.420 e. The second-order valence-electron chi connectivity index (χ2n) is 11.5. The van der Waals surface area contributed by atoms with Crippen molar-refractivity contribution in [1.29, 1.82) is 0 Å². The Morgan fingerprint density at radius 1 is 0.951 bits per heavy atom. The molecule has 4 atom stereocenters. The van der Waals surface area contributed by atoms with Gasteiger partial charge in [0.25, 0.3) is 0 Å². The second-order valence-corrected chi connectivity index (χ2v) is 11.5. The molecule has 0 spiro atoms. The van der Waals surface area contributed by atoms with Crippen molar-refractivity contribution >= 4 is 18.2 Å². The summed E-state index contributed by atoms with van der Waals surface area (Å²) in [6.45, 7) is 12.6. The summed E-state index contributed by atoms with van der Waals surface area (Å²) in [5.74, 6) is -0.928. The largest absolute Gasteiger partial charge is 0.484 e. The first-order chi connectivity index (χ1) is 18.8. The average molecular weight is 592 g/mol. The Morgan fingerprint density at radius 2 is 1.49 bits per heavy atom. The Bertz CT molecular complexity index is 1000. The van der Waals surface area contributed by atoms with E-state index < -0.39 is 72.1 Å². The van der Waals surface area contributed by atoms with Gasteiger partial charge in [-0.15, -0.1) is 0 Å². The number of ether oxygens (including phenoxy) is 6. The number of esters is 1. The highest BCUT2D eigenvalue weighted by Crippen LogP contribution is 2.31. The van der Waals surface area contributed by atoms with Crippen LogP contribution in [0.1, 0.15) is 67.4 Å². The van der Waals surface area contributed by atoms with Crippen LogP contribution in [0.4, 0.5) is 22.8 Å². The van der Waals surface area contributed by atoms with Crippen molar-refractivity contribution in [1.82, 2.24) is 4.90 Å². The van der Waals surface area contributed by atoms with Gasteiger partial charge >= 0.3 is 24.3 Å². The maximum Gasteiger partial charge on any atom is 0.420 e. The summed E-state index contributed by atoms with van der Waals surface area (Å²) in [5.41, 5.74) is -2.87. The molecule has 2 rings (SSSR count). The zero-order valence-electron chi connectivity index (χ0n) is 24.7. The molecule has 1 aromatic carbocycles. The first kappa shape index (κ1) is 34.1. The maximum atomic E-state index is 13.4. The number of hydrogen-bond donors (Lipinski definition) is 0. The first-order valence-corrected chi connectivity index (χ1v) is 13.3. The molecule has 4 unspecified atom stereocenters. The molecule has 232 valence electrons. The zero-order valence-corrected chi connectivity index (χ0v) is 24.7. The monoisotopic (exact) mass is 591 g/mol. The summed E-state index contributed by atoms with van der Waals surface area (Å²) in [6.07, 6.45) is -9.06. The van der Waals surface area contributed by atoms with Crippen LogP contribution < -0.4 is 4.74 Å². The lowest BCUT2D eigenvalue weighted by Gasteiger charge is -2.32. The molecule has 0 bridgehead atoms. The van der Waals surface area contributed by atoms with Crippen molar-refractivity contribution in [2.24, 2.45) is 0 Å². The minimum absolute atomic E-state index is 0.0796. The third-order valence-corrected chi connectivity index (χ3v) is 5.44. The summed E-state index contributed by atoms with van der Waals surface area (Å²) >= 11 is 0. The summed E-state index contributed by atoms with van der Waals surface area (Å²) in [7, 11) is 0. The van der Waals surface area contributed by atoms with Gasteiger partial charge < -0.3 is 28.4 Å². The lowest BCUT2D eigenvalue weighted by Crippen LogP contribution is -2.54. The average Bonchev–Trinajstić information content (AvgIpc) is 2.85. The summed E-state index contributed by atoms with van der Waals surface area (Å²) in [4.78, 5) is 40.2. The number of carbonyl (C=O) groups excluding carboxylic acids is 3. The van der Waals surface area contributed by atoms with E-state index in [2.05, 4.69) is 0 Å². The highest BCUT2D eigenvalue weighted by molar-refractivity contribution is 5.94. The molecule has 0 aliphatic carbocycles. The van der Waals surface area contributed by atoms with E-state index in [1.165, 1.54) is 6.92 Å². The van der Waals surface area contributed by atoms with Crippen molar-refractivity contribution in [2.75, 3.05) is 19.8 Å². The molecular formula is C28H40F3NO9.